The van der Waals surface area contributed by atoms with Crippen LogP contribution in [0.25, 0.3) is 0 Å². The van der Waals surface area contributed by atoms with E-state index in [4.69, 9.17) is 19.4 Å². The summed E-state index contributed by atoms with van der Waals surface area (Å²) in [6, 6.07) is 1.18. The third-order valence-corrected chi connectivity index (χ3v) is 12.8. The summed E-state index contributed by atoms with van der Waals surface area (Å²) in [4.78, 5) is 13.2. The molecular weight excluding hydrogens is 695 g/mol. The number of carboxylic acids is 1. The minimum atomic E-state index is -1.66. The molecule has 0 aromatic heterocycles. The monoisotopic (exact) mass is 780 g/mol. The number of aliphatic carboxylic acids is 1. The molecule has 0 amide bonds. The van der Waals surface area contributed by atoms with Crippen LogP contribution in [0.1, 0.15) is 163 Å². The van der Waals surface area contributed by atoms with Crippen LogP contribution in [-0.4, -0.2) is 66.5 Å². The van der Waals surface area contributed by atoms with Crippen molar-refractivity contribution in [2.75, 3.05) is 25.5 Å². The molecule has 0 saturated carbocycles. The molecule has 0 rings (SSSR count). The van der Waals surface area contributed by atoms with Crippen molar-refractivity contribution in [2.45, 2.75) is 193 Å². The SMILES string of the molecule is C=CC=CC=CN(C=CC=CCCOC(CCCCCCC)O[Si](C)(C)CCC)CCCCO.CCCCCCCCCCSC(CCCC)C(=O)O. The molecule has 2 N–H and O–H groups in total. The smallest absolute Gasteiger partial charge is 0.316 e. The molecule has 0 aliphatic heterocycles. The van der Waals surface area contributed by atoms with Crippen LogP contribution in [0.3, 0.4) is 0 Å². The molecule has 0 saturated heterocycles. The second kappa shape index (κ2) is 41.6. The molecule has 0 radical (unpaired) electrons. The Morgan fingerprint density at radius 3 is 1.92 bits per heavy atom. The number of aliphatic hydroxyl groups is 1. The topological polar surface area (TPSA) is 79.2 Å². The molecule has 2 unspecified atom stereocenters. The summed E-state index contributed by atoms with van der Waals surface area (Å²) in [5.41, 5.74) is 0. The third kappa shape index (κ3) is 39.9. The second-order valence-electron chi connectivity index (χ2n) is 14.6. The lowest BCUT2D eigenvalue weighted by Gasteiger charge is -2.29. The molecule has 310 valence electrons. The maximum Gasteiger partial charge on any atom is 0.316 e. The van der Waals surface area contributed by atoms with Crippen LogP contribution in [0.4, 0.5) is 0 Å². The number of carbonyl (C=O) groups is 1. The normalized spacial score (nSPS) is 13.3. The largest absolute Gasteiger partial charge is 0.480 e. The molecule has 0 bridgehead atoms. The molecule has 0 heterocycles. The Balaban J connectivity index is 0. The second-order valence-corrected chi connectivity index (χ2v) is 20.2. The molecular formula is C45H85NO5SSi. The number of hydrogen-bond acceptors (Lipinski definition) is 6. The first-order valence-corrected chi connectivity index (χ1v) is 25.7. The number of thioether (sulfide) groups is 1. The summed E-state index contributed by atoms with van der Waals surface area (Å²) >= 11 is 1.64. The number of nitrogens with zero attached hydrogens (tertiary/aromatic N) is 1. The Bertz CT molecular complexity index is 923. The van der Waals surface area contributed by atoms with Crippen molar-refractivity contribution in [1.82, 2.24) is 4.90 Å². The fraction of sp³-hybridized carbons (Fsp3) is 0.756. The average molecular weight is 780 g/mol. The number of ether oxygens (including phenoxy) is 1. The van der Waals surface area contributed by atoms with Gasteiger partial charge in [-0.15, -0.1) is 11.8 Å². The van der Waals surface area contributed by atoms with Crippen molar-refractivity contribution < 1.29 is 24.2 Å². The number of hydrogen-bond donors (Lipinski definition) is 2. The van der Waals surface area contributed by atoms with Gasteiger partial charge in [-0.05, 0) is 82.0 Å². The van der Waals surface area contributed by atoms with Gasteiger partial charge in [0.15, 0.2) is 8.32 Å². The lowest BCUT2D eigenvalue weighted by atomic mass is 10.1. The molecule has 53 heavy (non-hydrogen) atoms. The van der Waals surface area contributed by atoms with Gasteiger partial charge in [0.2, 0.25) is 0 Å². The zero-order chi connectivity index (χ0) is 39.7. The number of unbranched alkanes of at least 4 members (excludes halogenated alkanes) is 13. The van der Waals surface area contributed by atoms with Crippen molar-refractivity contribution in [3.63, 3.8) is 0 Å². The number of rotatable bonds is 37. The zero-order valence-electron chi connectivity index (χ0n) is 35.4. The summed E-state index contributed by atoms with van der Waals surface area (Å²) < 4.78 is 12.7. The van der Waals surface area contributed by atoms with Gasteiger partial charge < -0.3 is 24.3 Å². The van der Waals surface area contributed by atoms with Gasteiger partial charge in [0.25, 0.3) is 0 Å². The molecule has 2 atom stereocenters. The summed E-state index contributed by atoms with van der Waals surface area (Å²) in [5.74, 6) is 0.383. The fourth-order valence-corrected chi connectivity index (χ4v) is 9.10. The van der Waals surface area contributed by atoms with E-state index in [1.807, 2.05) is 24.4 Å². The van der Waals surface area contributed by atoms with Crippen molar-refractivity contribution in [3.05, 3.63) is 61.5 Å². The molecule has 0 aromatic rings. The van der Waals surface area contributed by atoms with Crippen LogP contribution in [0.2, 0.25) is 19.1 Å². The van der Waals surface area contributed by atoms with Gasteiger partial charge >= 0.3 is 5.97 Å². The minimum absolute atomic E-state index is 0.0606. The average Bonchev–Trinajstić information content (AvgIpc) is 3.13. The lowest BCUT2D eigenvalue weighted by Crippen LogP contribution is -2.36. The molecule has 0 spiro atoms. The van der Waals surface area contributed by atoms with Crippen LogP contribution in [0.15, 0.2) is 61.5 Å². The Morgan fingerprint density at radius 1 is 0.736 bits per heavy atom. The highest BCUT2D eigenvalue weighted by molar-refractivity contribution is 8.00. The molecule has 0 aliphatic carbocycles. The van der Waals surface area contributed by atoms with E-state index >= 15 is 0 Å². The van der Waals surface area contributed by atoms with Crippen LogP contribution in [0, 0.1) is 0 Å². The van der Waals surface area contributed by atoms with E-state index in [0.717, 1.165) is 57.2 Å². The van der Waals surface area contributed by atoms with Crippen LogP contribution >= 0.6 is 11.8 Å². The predicted molar refractivity (Wildman–Crippen MR) is 237 cm³/mol. The van der Waals surface area contributed by atoms with Gasteiger partial charge in [0.05, 0.1) is 6.61 Å². The first-order chi connectivity index (χ1) is 25.7. The van der Waals surface area contributed by atoms with Crippen LogP contribution < -0.4 is 0 Å². The summed E-state index contributed by atoms with van der Waals surface area (Å²) in [6.45, 7) is 18.9. The molecule has 0 aliphatic rings. The molecule has 0 aromatic carbocycles. The predicted octanol–water partition coefficient (Wildman–Crippen LogP) is 13.6. The van der Waals surface area contributed by atoms with Gasteiger partial charge in [-0.3, -0.25) is 4.79 Å². The van der Waals surface area contributed by atoms with E-state index < -0.39 is 14.3 Å². The van der Waals surface area contributed by atoms with Gasteiger partial charge in [-0.25, -0.2) is 0 Å². The van der Waals surface area contributed by atoms with E-state index in [0.29, 0.717) is 6.61 Å². The fourth-order valence-electron chi connectivity index (χ4n) is 5.75. The Kier molecular flexibility index (Phi) is 42.0. The molecule has 8 heteroatoms. The lowest BCUT2D eigenvalue weighted by molar-refractivity contribution is -0.136. The first-order valence-electron chi connectivity index (χ1n) is 21.5. The van der Waals surface area contributed by atoms with Gasteiger partial charge in [0, 0.05) is 25.6 Å². The number of carboxylic acid groups (broad SMARTS) is 1. The molecule has 6 nitrogen and oxygen atoms in total. The van der Waals surface area contributed by atoms with Crippen LogP contribution in [0.5, 0.6) is 0 Å². The van der Waals surface area contributed by atoms with E-state index in [-0.39, 0.29) is 18.1 Å². The number of aliphatic hydroxyl groups excluding tert-OH is 1. The van der Waals surface area contributed by atoms with Crippen LogP contribution in [-0.2, 0) is 14.0 Å². The van der Waals surface area contributed by atoms with E-state index in [1.54, 1.807) is 17.8 Å². The third-order valence-electron chi connectivity index (χ3n) is 8.83. The Morgan fingerprint density at radius 2 is 1.34 bits per heavy atom. The Labute approximate surface area is 334 Å². The van der Waals surface area contributed by atoms with E-state index in [2.05, 4.69) is 76.7 Å². The number of allylic oxidation sites excluding steroid dienone is 6. The van der Waals surface area contributed by atoms with Crippen molar-refractivity contribution in [1.29, 1.82) is 0 Å². The summed E-state index contributed by atoms with van der Waals surface area (Å²) in [6.07, 6.45) is 42.6. The van der Waals surface area contributed by atoms with Gasteiger partial charge in [0.1, 0.15) is 11.5 Å². The maximum atomic E-state index is 11.1. The molecule has 0 fully saturated rings. The van der Waals surface area contributed by atoms with Crippen molar-refractivity contribution in [2.24, 2.45) is 0 Å². The highest BCUT2D eigenvalue weighted by Gasteiger charge is 2.26. The van der Waals surface area contributed by atoms with E-state index in [9.17, 15) is 4.79 Å². The summed E-state index contributed by atoms with van der Waals surface area (Å²) in [5, 5.41) is 18.0. The maximum absolute atomic E-state index is 11.1. The minimum Gasteiger partial charge on any atom is -0.480 e. The van der Waals surface area contributed by atoms with Gasteiger partial charge in [-0.1, -0.05) is 155 Å². The van der Waals surface area contributed by atoms with E-state index in [1.165, 1.54) is 95.9 Å². The summed E-state index contributed by atoms with van der Waals surface area (Å²) in [7, 11) is -1.66. The first kappa shape index (κ1) is 53.5. The highest BCUT2D eigenvalue weighted by atomic mass is 32.2. The quantitative estimate of drug-likeness (QED) is 0.0281. The van der Waals surface area contributed by atoms with Gasteiger partial charge in [-0.2, -0.15) is 0 Å². The highest BCUT2D eigenvalue weighted by Crippen LogP contribution is 2.21. The van der Waals surface area contributed by atoms with Crippen molar-refractivity contribution >= 4 is 26.0 Å². The Hall–Kier alpha value is -1.58. The standard InChI is InChI=1S/C29H53NO3Si.C16H32O2S/c1-6-9-11-13-16-22-29(33-34(4,5)28-8-3)32-27-21-15-14-18-24-30(25-19-20-26-31)23-17-12-10-7-2;1-3-5-7-8-9-10-11-12-14-19-15(16(17)18)13-6-4-2/h7,10,12,14-15,17-18,23-24,29,31H,2,6,8-9,11,13,16,19-22,25-28H2,1,3-5H3;15H,3-14H2,1-2H3,(H,17,18). The zero-order valence-corrected chi connectivity index (χ0v) is 37.2. The van der Waals surface area contributed by atoms with Crippen molar-refractivity contribution in [3.8, 4) is 0 Å².